The first kappa shape index (κ1) is 13.2. The number of thioether (sulfide) groups is 1. The molecule has 0 amide bonds. The first-order valence-electron chi connectivity index (χ1n) is 5.24. The highest BCUT2D eigenvalue weighted by molar-refractivity contribution is 7.98. The van der Waals surface area contributed by atoms with Gasteiger partial charge in [-0.15, -0.1) is 0 Å². The summed E-state index contributed by atoms with van der Waals surface area (Å²) in [5.41, 5.74) is 6.90. The van der Waals surface area contributed by atoms with Gasteiger partial charge in [-0.1, -0.05) is 6.07 Å². The summed E-state index contributed by atoms with van der Waals surface area (Å²) in [6.45, 7) is 2.64. The molecule has 1 aromatic carbocycles. The molecule has 0 bridgehead atoms. The van der Waals surface area contributed by atoms with Crippen LogP contribution < -0.4 is 15.2 Å². The summed E-state index contributed by atoms with van der Waals surface area (Å²) in [6.07, 6.45) is 2.06. The first-order chi connectivity index (χ1) is 7.69. The molecule has 16 heavy (non-hydrogen) atoms. The van der Waals surface area contributed by atoms with Gasteiger partial charge in [0.05, 0.1) is 13.7 Å². The van der Waals surface area contributed by atoms with Gasteiger partial charge in [0.2, 0.25) is 0 Å². The zero-order valence-electron chi connectivity index (χ0n) is 10.0. The molecular weight excluding hydrogens is 222 g/mol. The molecule has 90 valence electrons. The lowest BCUT2D eigenvalue weighted by atomic mass is 10.1. The fourth-order valence-corrected chi connectivity index (χ4v) is 1.63. The van der Waals surface area contributed by atoms with E-state index in [4.69, 9.17) is 15.2 Å². The average molecular weight is 241 g/mol. The normalized spacial score (nSPS) is 12.2. The van der Waals surface area contributed by atoms with Gasteiger partial charge in [0.1, 0.15) is 11.5 Å². The summed E-state index contributed by atoms with van der Waals surface area (Å²) in [7, 11) is 1.65. The third kappa shape index (κ3) is 3.61. The molecule has 0 spiro atoms. The molecule has 0 saturated heterocycles. The Morgan fingerprint density at radius 3 is 2.75 bits per heavy atom. The van der Waals surface area contributed by atoms with E-state index in [9.17, 15) is 0 Å². The van der Waals surface area contributed by atoms with Crippen molar-refractivity contribution in [3.05, 3.63) is 23.8 Å². The van der Waals surface area contributed by atoms with E-state index in [2.05, 4.69) is 6.26 Å². The van der Waals surface area contributed by atoms with Crippen LogP contribution in [-0.2, 0) is 0 Å². The van der Waals surface area contributed by atoms with Crippen LogP contribution in [0.15, 0.2) is 18.2 Å². The summed E-state index contributed by atoms with van der Waals surface area (Å²) >= 11 is 1.76. The molecular formula is C12H19NO2S. The van der Waals surface area contributed by atoms with Gasteiger partial charge in [0, 0.05) is 23.4 Å². The van der Waals surface area contributed by atoms with Gasteiger partial charge in [-0.05, 0) is 19.2 Å². The SMILES string of the molecule is COc1ccc([C@@H](C)N)c(OCCSC)c1. The van der Waals surface area contributed by atoms with E-state index in [-0.39, 0.29) is 6.04 Å². The zero-order chi connectivity index (χ0) is 12.0. The molecule has 0 heterocycles. The second-order valence-electron chi connectivity index (χ2n) is 3.53. The number of rotatable bonds is 6. The Morgan fingerprint density at radius 1 is 1.44 bits per heavy atom. The summed E-state index contributed by atoms with van der Waals surface area (Å²) in [5, 5.41) is 0. The molecule has 0 radical (unpaired) electrons. The zero-order valence-corrected chi connectivity index (χ0v) is 10.8. The van der Waals surface area contributed by atoms with Gasteiger partial charge >= 0.3 is 0 Å². The van der Waals surface area contributed by atoms with Crippen molar-refractivity contribution in [1.29, 1.82) is 0 Å². The maximum absolute atomic E-state index is 5.88. The van der Waals surface area contributed by atoms with E-state index in [0.717, 1.165) is 22.8 Å². The standard InChI is InChI=1S/C12H19NO2S/c1-9(13)11-5-4-10(14-2)8-12(11)15-6-7-16-3/h4-5,8-9H,6-7,13H2,1-3H3/t9-/m1/s1. The van der Waals surface area contributed by atoms with Gasteiger partial charge < -0.3 is 15.2 Å². The average Bonchev–Trinajstić information content (AvgIpc) is 2.29. The van der Waals surface area contributed by atoms with E-state index >= 15 is 0 Å². The Balaban J connectivity index is 2.83. The lowest BCUT2D eigenvalue weighted by Crippen LogP contribution is -2.09. The maximum Gasteiger partial charge on any atom is 0.127 e. The number of benzene rings is 1. The van der Waals surface area contributed by atoms with Crippen LogP contribution in [0, 0.1) is 0 Å². The fraction of sp³-hybridized carbons (Fsp3) is 0.500. The van der Waals surface area contributed by atoms with Crippen molar-refractivity contribution in [1.82, 2.24) is 0 Å². The van der Waals surface area contributed by atoms with Gasteiger partial charge in [-0.2, -0.15) is 11.8 Å². The highest BCUT2D eigenvalue weighted by atomic mass is 32.2. The van der Waals surface area contributed by atoms with Crippen LogP contribution in [0.3, 0.4) is 0 Å². The van der Waals surface area contributed by atoms with Crippen molar-refractivity contribution in [2.24, 2.45) is 5.73 Å². The minimum Gasteiger partial charge on any atom is -0.497 e. The smallest absolute Gasteiger partial charge is 0.127 e. The number of nitrogens with two attached hydrogens (primary N) is 1. The van der Waals surface area contributed by atoms with Gasteiger partial charge in [0.25, 0.3) is 0 Å². The molecule has 0 aliphatic heterocycles. The number of ether oxygens (including phenoxy) is 2. The maximum atomic E-state index is 5.88. The van der Waals surface area contributed by atoms with Crippen molar-refractivity contribution in [2.75, 3.05) is 25.7 Å². The van der Waals surface area contributed by atoms with E-state index in [1.807, 2.05) is 25.1 Å². The van der Waals surface area contributed by atoms with Crippen LogP contribution in [0.1, 0.15) is 18.5 Å². The van der Waals surface area contributed by atoms with E-state index in [1.165, 1.54) is 0 Å². The monoisotopic (exact) mass is 241 g/mol. The van der Waals surface area contributed by atoms with Crippen molar-refractivity contribution in [2.45, 2.75) is 13.0 Å². The van der Waals surface area contributed by atoms with Crippen molar-refractivity contribution < 1.29 is 9.47 Å². The van der Waals surface area contributed by atoms with E-state index in [1.54, 1.807) is 18.9 Å². The predicted molar refractivity (Wildman–Crippen MR) is 69.5 cm³/mol. The molecule has 0 aliphatic carbocycles. The summed E-state index contributed by atoms with van der Waals surface area (Å²) in [6, 6.07) is 5.71. The topological polar surface area (TPSA) is 44.5 Å². The second-order valence-corrected chi connectivity index (χ2v) is 4.52. The quantitative estimate of drug-likeness (QED) is 0.777. The van der Waals surface area contributed by atoms with Crippen LogP contribution in [0.2, 0.25) is 0 Å². The number of hydrogen-bond donors (Lipinski definition) is 1. The Bertz CT molecular complexity index is 329. The number of hydrogen-bond acceptors (Lipinski definition) is 4. The van der Waals surface area contributed by atoms with Crippen molar-refractivity contribution in [3.8, 4) is 11.5 Å². The molecule has 0 fully saturated rings. The van der Waals surface area contributed by atoms with Gasteiger partial charge in [-0.25, -0.2) is 0 Å². The summed E-state index contributed by atoms with van der Waals surface area (Å²) in [4.78, 5) is 0. The van der Waals surface area contributed by atoms with Gasteiger partial charge in [0.15, 0.2) is 0 Å². The Morgan fingerprint density at radius 2 is 2.19 bits per heavy atom. The minimum absolute atomic E-state index is 0.0322. The largest absolute Gasteiger partial charge is 0.497 e. The van der Waals surface area contributed by atoms with E-state index < -0.39 is 0 Å². The summed E-state index contributed by atoms with van der Waals surface area (Å²) in [5.74, 6) is 2.59. The molecule has 0 saturated carbocycles. The predicted octanol–water partition coefficient (Wildman–Crippen LogP) is 2.46. The molecule has 1 aromatic rings. The molecule has 1 atom stereocenters. The highest BCUT2D eigenvalue weighted by Crippen LogP contribution is 2.28. The molecule has 0 aliphatic rings. The fourth-order valence-electron chi connectivity index (χ4n) is 1.38. The Hall–Kier alpha value is -0.870. The minimum atomic E-state index is -0.0322. The third-order valence-corrected chi connectivity index (χ3v) is 2.83. The van der Waals surface area contributed by atoms with Crippen LogP contribution in [0.5, 0.6) is 11.5 Å². The van der Waals surface area contributed by atoms with Crippen LogP contribution in [0.25, 0.3) is 0 Å². The van der Waals surface area contributed by atoms with E-state index in [0.29, 0.717) is 6.61 Å². The molecule has 0 unspecified atom stereocenters. The second kappa shape index (κ2) is 6.66. The van der Waals surface area contributed by atoms with Crippen LogP contribution in [-0.4, -0.2) is 25.7 Å². The lowest BCUT2D eigenvalue weighted by molar-refractivity contribution is 0.334. The molecule has 0 aromatic heterocycles. The van der Waals surface area contributed by atoms with Crippen LogP contribution >= 0.6 is 11.8 Å². The molecule has 3 nitrogen and oxygen atoms in total. The van der Waals surface area contributed by atoms with Crippen LogP contribution in [0.4, 0.5) is 0 Å². The highest BCUT2D eigenvalue weighted by Gasteiger charge is 2.09. The number of methoxy groups -OCH3 is 1. The molecule has 2 N–H and O–H groups in total. The third-order valence-electron chi connectivity index (χ3n) is 2.26. The molecule has 1 rings (SSSR count). The lowest BCUT2D eigenvalue weighted by Gasteiger charge is -2.14. The first-order valence-corrected chi connectivity index (χ1v) is 6.63. The Kier molecular flexibility index (Phi) is 5.49. The molecule has 4 heteroatoms. The Labute approximate surface area is 101 Å². The summed E-state index contributed by atoms with van der Waals surface area (Å²) < 4.78 is 10.9. The van der Waals surface area contributed by atoms with Crippen molar-refractivity contribution in [3.63, 3.8) is 0 Å². The van der Waals surface area contributed by atoms with Gasteiger partial charge in [-0.3, -0.25) is 0 Å². The van der Waals surface area contributed by atoms with Crippen molar-refractivity contribution >= 4 is 11.8 Å².